The Kier molecular flexibility index (Phi) is 7.90. The van der Waals surface area contributed by atoms with Crippen molar-refractivity contribution in [2.45, 2.75) is 6.61 Å². The number of carbonyl (C=O) groups excluding carboxylic acids is 1. The standard InChI is InChI=1S/C22H17Br2ClN2O3/c1-29-20-9-5-3-7-16(20)22(28)27-26-12-14-10-17(23)21(18(24)11-14)30-13-15-6-2-4-8-19(15)25/h2-12H,13H2,1H3,(H,27,28)/b26-12-. The number of hydrogen-bond acceptors (Lipinski definition) is 4. The Balaban J connectivity index is 1.67. The van der Waals surface area contributed by atoms with Crippen LogP contribution in [0.1, 0.15) is 21.5 Å². The van der Waals surface area contributed by atoms with E-state index in [9.17, 15) is 4.79 Å². The number of hydrazone groups is 1. The van der Waals surface area contributed by atoms with Gasteiger partial charge in [0.1, 0.15) is 18.1 Å². The van der Waals surface area contributed by atoms with Crippen LogP contribution in [0, 0.1) is 0 Å². The molecule has 0 aliphatic rings. The Morgan fingerprint density at radius 3 is 2.47 bits per heavy atom. The fourth-order valence-electron chi connectivity index (χ4n) is 2.62. The van der Waals surface area contributed by atoms with Crippen LogP contribution in [-0.2, 0) is 6.61 Å². The van der Waals surface area contributed by atoms with Crippen LogP contribution >= 0.6 is 43.5 Å². The van der Waals surface area contributed by atoms with Gasteiger partial charge in [-0.05, 0) is 67.8 Å². The van der Waals surface area contributed by atoms with E-state index >= 15 is 0 Å². The molecule has 5 nitrogen and oxygen atoms in total. The van der Waals surface area contributed by atoms with E-state index in [0.29, 0.717) is 28.7 Å². The van der Waals surface area contributed by atoms with Crippen LogP contribution in [0.15, 0.2) is 74.7 Å². The zero-order chi connectivity index (χ0) is 21.5. The highest BCUT2D eigenvalue weighted by molar-refractivity contribution is 9.11. The van der Waals surface area contributed by atoms with Crippen LogP contribution in [0.3, 0.4) is 0 Å². The molecule has 0 spiro atoms. The molecular weight excluding hydrogens is 536 g/mol. The number of nitrogens with zero attached hydrogens (tertiary/aromatic N) is 1. The molecule has 0 bridgehead atoms. The lowest BCUT2D eigenvalue weighted by atomic mass is 10.2. The molecule has 30 heavy (non-hydrogen) atoms. The second-order valence-electron chi connectivity index (χ2n) is 6.09. The summed E-state index contributed by atoms with van der Waals surface area (Å²) in [6.45, 7) is 0.333. The van der Waals surface area contributed by atoms with Crippen LogP contribution in [0.25, 0.3) is 0 Å². The molecule has 8 heteroatoms. The molecule has 1 N–H and O–H groups in total. The summed E-state index contributed by atoms with van der Waals surface area (Å²) in [6, 6.07) is 18.1. The first-order valence-electron chi connectivity index (χ1n) is 8.81. The maximum atomic E-state index is 12.3. The topological polar surface area (TPSA) is 59.9 Å². The van der Waals surface area contributed by atoms with Crippen LogP contribution < -0.4 is 14.9 Å². The minimum absolute atomic E-state index is 0.333. The number of nitrogens with one attached hydrogen (secondary N) is 1. The maximum absolute atomic E-state index is 12.3. The van der Waals surface area contributed by atoms with E-state index in [1.54, 1.807) is 30.5 Å². The lowest BCUT2D eigenvalue weighted by molar-refractivity contribution is 0.0952. The number of halogens is 3. The molecule has 3 rings (SSSR count). The van der Waals surface area contributed by atoms with Gasteiger partial charge in [-0.25, -0.2) is 5.43 Å². The lowest BCUT2D eigenvalue weighted by Gasteiger charge is -2.12. The van der Waals surface area contributed by atoms with E-state index in [-0.39, 0.29) is 5.91 Å². The molecule has 0 radical (unpaired) electrons. The van der Waals surface area contributed by atoms with Gasteiger partial charge in [-0.2, -0.15) is 5.10 Å². The van der Waals surface area contributed by atoms with Crippen molar-refractivity contribution >= 4 is 55.6 Å². The van der Waals surface area contributed by atoms with Gasteiger partial charge in [-0.1, -0.05) is 41.9 Å². The number of amides is 1. The summed E-state index contributed by atoms with van der Waals surface area (Å²) in [7, 11) is 1.51. The van der Waals surface area contributed by atoms with Gasteiger partial charge in [-0.15, -0.1) is 0 Å². The second-order valence-corrected chi connectivity index (χ2v) is 8.21. The van der Waals surface area contributed by atoms with E-state index in [1.807, 2.05) is 36.4 Å². The van der Waals surface area contributed by atoms with Crippen molar-refractivity contribution in [1.29, 1.82) is 0 Å². The van der Waals surface area contributed by atoms with Crippen LogP contribution in [-0.4, -0.2) is 19.2 Å². The average Bonchev–Trinajstić information content (AvgIpc) is 2.74. The smallest absolute Gasteiger partial charge is 0.275 e. The molecule has 0 aliphatic heterocycles. The van der Waals surface area contributed by atoms with E-state index in [4.69, 9.17) is 21.1 Å². The minimum Gasteiger partial charge on any atom is -0.496 e. The third-order valence-corrected chi connectivity index (χ3v) is 5.63. The Hall–Kier alpha value is -2.35. The molecule has 154 valence electrons. The summed E-state index contributed by atoms with van der Waals surface area (Å²) < 4.78 is 12.6. The zero-order valence-corrected chi connectivity index (χ0v) is 19.8. The van der Waals surface area contributed by atoms with E-state index < -0.39 is 0 Å². The van der Waals surface area contributed by atoms with Crippen LogP contribution in [0.5, 0.6) is 11.5 Å². The Labute approximate surface area is 196 Å². The highest BCUT2D eigenvalue weighted by Gasteiger charge is 2.12. The van der Waals surface area contributed by atoms with Crippen molar-refractivity contribution in [1.82, 2.24) is 5.43 Å². The molecule has 0 saturated carbocycles. The maximum Gasteiger partial charge on any atom is 0.275 e. The van der Waals surface area contributed by atoms with Crippen molar-refractivity contribution < 1.29 is 14.3 Å². The molecule has 0 unspecified atom stereocenters. The van der Waals surface area contributed by atoms with Gasteiger partial charge in [-0.3, -0.25) is 4.79 Å². The fourth-order valence-corrected chi connectivity index (χ4v) is 4.26. The first-order chi connectivity index (χ1) is 14.5. The molecule has 3 aromatic carbocycles. The summed E-state index contributed by atoms with van der Waals surface area (Å²) >= 11 is 13.2. The predicted octanol–water partition coefficient (Wildman–Crippen LogP) is 6.22. The molecule has 0 aromatic heterocycles. The van der Waals surface area contributed by atoms with Gasteiger partial charge < -0.3 is 9.47 Å². The Morgan fingerprint density at radius 2 is 1.77 bits per heavy atom. The number of hydrogen-bond donors (Lipinski definition) is 1. The second kappa shape index (κ2) is 10.6. The number of carbonyl (C=O) groups is 1. The van der Waals surface area contributed by atoms with E-state index in [1.165, 1.54) is 7.11 Å². The van der Waals surface area contributed by atoms with Gasteiger partial charge in [0.2, 0.25) is 0 Å². The fraction of sp³-hybridized carbons (Fsp3) is 0.0909. The number of para-hydroxylation sites is 1. The Bertz CT molecular complexity index is 1070. The monoisotopic (exact) mass is 550 g/mol. The highest BCUT2D eigenvalue weighted by atomic mass is 79.9. The highest BCUT2D eigenvalue weighted by Crippen LogP contribution is 2.35. The van der Waals surface area contributed by atoms with Crippen LogP contribution in [0.4, 0.5) is 0 Å². The molecule has 0 fully saturated rings. The van der Waals surface area contributed by atoms with E-state index in [0.717, 1.165) is 20.1 Å². The first-order valence-corrected chi connectivity index (χ1v) is 10.8. The largest absolute Gasteiger partial charge is 0.496 e. The first kappa shape index (κ1) is 22.3. The van der Waals surface area contributed by atoms with Gasteiger partial charge in [0.15, 0.2) is 0 Å². The molecular formula is C22H17Br2ClN2O3. The van der Waals surface area contributed by atoms with Crippen molar-refractivity contribution in [3.05, 3.63) is 91.3 Å². The van der Waals surface area contributed by atoms with Gasteiger partial charge in [0.05, 0.1) is 27.8 Å². The number of rotatable bonds is 7. The molecule has 3 aromatic rings. The van der Waals surface area contributed by atoms with Crippen molar-refractivity contribution in [2.75, 3.05) is 7.11 Å². The molecule has 0 atom stereocenters. The summed E-state index contributed by atoms with van der Waals surface area (Å²) in [5, 5.41) is 4.68. The van der Waals surface area contributed by atoms with Crippen molar-refractivity contribution in [3.63, 3.8) is 0 Å². The number of benzene rings is 3. The summed E-state index contributed by atoms with van der Waals surface area (Å²) in [6.07, 6.45) is 1.54. The molecule has 0 heterocycles. The third kappa shape index (κ3) is 5.62. The number of ether oxygens (including phenoxy) is 2. The summed E-state index contributed by atoms with van der Waals surface area (Å²) in [5.41, 5.74) is 4.56. The van der Waals surface area contributed by atoms with Crippen molar-refractivity contribution in [3.8, 4) is 11.5 Å². The average molecular weight is 553 g/mol. The van der Waals surface area contributed by atoms with E-state index in [2.05, 4.69) is 42.4 Å². The lowest BCUT2D eigenvalue weighted by Crippen LogP contribution is -2.18. The number of methoxy groups -OCH3 is 1. The SMILES string of the molecule is COc1ccccc1C(=O)N/N=C\c1cc(Br)c(OCc2ccccc2Cl)c(Br)c1. The van der Waals surface area contributed by atoms with Gasteiger partial charge in [0.25, 0.3) is 5.91 Å². The normalized spacial score (nSPS) is 10.8. The molecule has 0 saturated heterocycles. The molecule has 0 aliphatic carbocycles. The Morgan fingerprint density at radius 1 is 1.10 bits per heavy atom. The quantitative estimate of drug-likeness (QED) is 0.280. The predicted molar refractivity (Wildman–Crippen MR) is 126 cm³/mol. The molecule has 1 amide bonds. The minimum atomic E-state index is -0.360. The van der Waals surface area contributed by atoms with Gasteiger partial charge in [0, 0.05) is 10.6 Å². The van der Waals surface area contributed by atoms with Crippen LogP contribution in [0.2, 0.25) is 5.02 Å². The van der Waals surface area contributed by atoms with Gasteiger partial charge >= 0.3 is 0 Å². The summed E-state index contributed by atoms with van der Waals surface area (Å²) in [4.78, 5) is 12.3. The summed E-state index contributed by atoms with van der Waals surface area (Å²) in [5.74, 6) is 0.766. The zero-order valence-electron chi connectivity index (χ0n) is 15.9. The van der Waals surface area contributed by atoms with Crippen molar-refractivity contribution in [2.24, 2.45) is 5.10 Å². The third-order valence-electron chi connectivity index (χ3n) is 4.08.